The van der Waals surface area contributed by atoms with Gasteiger partial charge < -0.3 is 5.32 Å². The second kappa shape index (κ2) is 6.40. The zero-order valence-electron chi connectivity index (χ0n) is 10.1. The third-order valence-corrected chi connectivity index (χ3v) is 4.95. The van der Waals surface area contributed by atoms with E-state index < -0.39 is 9.84 Å². The van der Waals surface area contributed by atoms with Crippen molar-refractivity contribution in [2.45, 2.75) is 38.6 Å². The number of sulfone groups is 1. The molecule has 1 N–H and O–H groups in total. The number of allylic oxidation sites excluding steroid dienone is 1. The fraction of sp³-hybridized carbons (Fsp3) is 0.833. The quantitative estimate of drug-likeness (QED) is 0.725. The summed E-state index contributed by atoms with van der Waals surface area (Å²) in [6, 6.07) is 0.497. The van der Waals surface area contributed by atoms with Crippen LogP contribution in [0.5, 0.6) is 0 Å². The van der Waals surface area contributed by atoms with Crippen LogP contribution in [-0.4, -0.2) is 32.5 Å². The second-order valence-corrected chi connectivity index (χ2v) is 7.07. The van der Waals surface area contributed by atoms with E-state index in [0.717, 1.165) is 32.2 Å². The van der Waals surface area contributed by atoms with Crippen LogP contribution < -0.4 is 5.32 Å². The van der Waals surface area contributed by atoms with E-state index in [1.165, 1.54) is 0 Å². The molecule has 1 aliphatic heterocycles. The molecule has 0 amide bonds. The highest BCUT2D eigenvalue weighted by atomic mass is 32.2. The Morgan fingerprint density at radius 3 is 2.62 bits per heavy atom. The average Bonchev–Trinajstić information content (AvgIpc) is 2.25. The Kier molecular flexibility index (Phi) is 5.49. The maximum absolute atomic E-state index is 11.2. The maximum atomic E-state index is 11.2. The Morgan fingerprint density at radius 2 is 2.06 bits per heavy atom. The summed E-state index contributed by atoms with van der Waals surface area (Å²) in [5.74, 6) is 1.29. The molecule has 94 valence electrons. The van der Waals surface area contributed by atoms with Crippen LogP contribution in [0.25, 0.3) is 0 Å². The van der Waals surface area contributed by atoms with Gasteiger partial charge >= 0.3 is 0 Å². The third-order valence-electron chi connectivity index (χ3n) is 3.23. The molecule has 1 heterocycles. The van der Waals surface area contributed by atoms with Crippen LogP contribution in [-0.2, 0) is 9.84 Å². The summed E-state index contributed by atoms with van der Waals surface area (Å²) < 4.78 is 22.5. The van der Waals surface area contributed by atoms with Crippen molar-refractivity contribution in [1.82, 2.24) is 5.32 Å². The lowest BCUT2D eigenvalue weighted by atomic mass is 10.0. The Bertz CT molecular complexity index is 297. The molecule has 3 nitrogen and oxygen atoms in total. The first kappa shape index (κ1) is 13.7. The first-order valence-electron chi connectivity index (χ1n) is 6.08. The van der Waals surface area contributed by atoms with Gasteiger partial charge in [-0.2, -0.15) is 0 Å². The molecule has 1 saturated heterocycles. The number of hydrogen-bond donors (Lipinski definition) is 1. The fourth-order valence-corrected chi connectivity index (χ4v) is 3.57. The van der Waals surface area contributed by atoms with Gasteiger partial charge in [-0.3, -0.25) is 0 Å². The molecular weight excluding hydrogens is 222 g/mol. The van der Waals surface area contributed by atoms with Gasteiger partial charge in [0.15, 0.2) is 0 Å². The number of rotatable bonds is 6. The normalized spacial score (nSPS) is 22.8. The number of hydrogen-bond acceptors (Lipinski definition) is 3. The molecule has 4 heteroatoms. The van der Waals surface area contributed by atoms with Gasteiger partial charge in [-0.25, -0.2) is 8.42 Å². The van der Waals surface area contributed by atoms with Gasteiger partial charge in [0.1, 0.15) is 9.84 Å². The Morgan fingerprint density at radius 1 is 1.44 bits per heavy atom. The van der Waals surface area contributed by atoms with Crippen LogP contribution in [0.3, 0.4) is 0 Å². The van der Waals surface area contributed by atoms with Crippen molar-refractivity contribution in [2.75, 3.05) is 18.1 Å². The molecule has 0 aromatic heterocycles. The molecule has 1 aliphatic rings. The Hall–Kier alpha value is -0.350. The van der Waals surface area contributed by atoms with Gasteiger partial charge in [0.25, 0.3) is 0 Å². The molecule has 0 radical (unpaired) electrons. The highest BCUT2D eigenvalue weighted by Crippen LogP contribution is 2.18. The standard InChI is InChI=1S/C12H23NO2S/c1-3-4-5-11(2)13-10-12-6-8-16(14,15)9-7-12/h3,11-13H,1,4-10H2,2H3. The van der Waals surface area contributed by atoms with E-state index >= 15 is 0 Å². The van der Waals surface area contributed by atoms with Crippen molar-refractivity contribution >= 4 is 9.84 Å². The van der Waals surface area contributed by atoms with E-state index in [2.05, 4.69) is 18.8 Å². The van der Waals surface area contributed by atoms with Gasteiger partial charge in [-0.15, -0.1) is 6.58 Å². The minimum absolute atomic E-state index is 0.375. The van der Waals surface area contributed by atoms with E-state index in [-0.39, 0.29) is 0 Å². The summed E-state index contributed by atoms with van der Waals surface area (Å²) in [5, 5.41) is 3.47. The first-order valence-corrected chi connectivity index (χ1v) is 7.90. The van der Waals surface area contributed by atoms with Gasteiger partial charge in [0.2, 0.25) is 0 Å². The van der Waals surface area contributed by atoms with Crippen molar-refractivity contribution < 1.29 is 8.42 Å². The average molecular weight is 245 g/mol. The monoisotopic (exact) mass is 245 g/mol. The largest absolute Gasteiger partial charge is 0.314 e. The number of nitrogens with one attached hydrogen (secondary N) is 1. The summed E-state index contributed by atoms with van der Waals surface area (Å²) in [4.78, 5) is 0. The van der Waals surface area contributed by atoms with Crippen molar-refractivity contribution in [3.05, 3.63) is 12.7 Å². The van der Waals surface area contributed by atoms with E-state index in [9.17, 15) is 8.42 Å². The minimum Gasteiger partial charge on any atom is -0.314 e. The summed E-state index contributed by atoms with van der Waals surface area (Å²) in [6.07, 6.45) is 5.72. The zero-order valence-corrected chi connectivity index (χ0v) is 10.9. The predicted octanol–water partition coefficient (Wildman–Crippen LogP) is 1.76. The van der Waals surface area contributed by atoms with Crippen molar-refractivity contribution in [1.29, 1.82) is 0 Å². The van der Waals surface area contributed by atoms with E-state index in [0.29, 0.717) is 23.5 Å². The van der Waals surface area contributed by atoms with Gasteiger partial charge in [-0.1, -0.05) is 6.08 Å². The Labute approximate surface area is 99.2 Å². The molecule has 0 aliphatic carbocycles. The summed E-state index contributed by atoms with van der Waals surface area (Å²) in [5.41, 5.74) is 0. The topological polar surface area (TPSA) is 46.2 Å². The van der Waals surface area contributed by atoms with Gasteiger partial charge in [0.05, 0.1) is 11.5 Å². The van der Waals surface area contributed by atoms with Crippen molar-refractivity contribution in [3.8, 4) is 0 Å². The molecule has 1 unspecified atom stereocenters. The lowest BCUT2D eigenvalue weighted by molar-refractivity contribution is 0.399. The molecule has 1 fully saturated rings. The van der Waals surface area contributed by atoms with Crippen LogP contribution in [0.4, 0.5) is 0 Å². The molecule has 0 aromatic rings. The molecule has 0 saturated carbocycles. The van der Waals surface area contributed by atoms with E-state index in [1.54, 1.807) is 0 Å². The van der Waals surface area contributed by atoms with Gasteiger partial charge in [-0.05, 0) is 45.1 Å². The lowest BCUT2D eigenvalue weighted by Gasteiger charge is -2.24. The van der Waals surface area contributed by atoms with Crippen LogP contribution in [0.2, 0.25) is 0 Å². The Balaban J connectivity index is 2.17. The molecule has 16 heavy (non-hydrogen) atoms. The summed E-state index contributed by atoms with van der Waals surface area (Å²) in [6.45, 7) is 6.83. The SMILES string of the molecule is C=CCCC(C)NCC1CCS(=O)(=O)CC1. The minimum atomic E-state index is -2.71. The molecule has 1 atom stereocenters. The lowest BCUT2D eigenvalue weighted by Crippen LogP contribution is -2.35. The zero-order chi connectivity index (χ0) is 12.0. The third kappa shape index (κ3) is 5.12. The molecule has 0 bridgehead atoms. The fourth-order valence-electron chi connectivity index (χ4n) is 1.98. The maximum Gasteiger partial charge on any atom is 0.150 e. The molecule has 1 rings (SSSR count). The second-order valence-electron chi connectivity index (χ2n) is 4.77. The summed E-state index contributed by atoms with van der Waals surface area (Å²) in [7, 11) is -2.71. The molecule has 0 spiro atoms. The highest BCUT2D eigenvalue weighted by molar-refractivity contribution is 7.91. The van der Waals surface area contributed by atoms with E-state index in [1.807, 2.05) is 6.08 Å². The van der Waals surface area contributed by atoms with Crippen LogP contribution in [0.15, 0.2) is 12.7 Å². The van der Waals surface area contributed by atoms with Crippen LogP contribution in [0.1, 0.15) is 32.6 Å². The molecular formula is C12H23NO2S. The smallest absolute Gasteiger partial charge is 0.150 e. The van der Waals surface area contributed by atoms with Crippen molar-refractivity contribution in [3.63, 3.8) is 0 Å². The highest BCUT2D eigenvalue weighted by Gasteiger charge is 2.23. The predicted molar refractivity (Wildman–Crippen MR) is 68.3 cm³/mol. The van der Waals surface area contributed by atoms with Crippen LogP contribution >= 0.6 is 0 Å². The van der Waals surface area contributed by atoms with Crippen molar-refractivity contribution in [2.24, 2.45) is 5.92 Å². The van der Waals surface area contributed by atoms with Gasteiger partial charge in [0, 0.05) is 6.04 Å². The van der Waals surface area contributed by atoms with Crippen LogP contribution in [0, 0.1) is 5.92 Å². The summed E-state index contributed by atoms with van der Waals surface area (Å²) >= 11 is 0. The first-order chi connectivity index (χ1) is 7.53. The van der Waals surface area contributed by atoms with E-state index in [4.69, 9.17) is 0 Å². The molecule has 0 aromatic carbocycles.